The Kier molecular flexibility index (Phi) is 5.77. The fraction of sp³-hybridized carbons (Fsp3) is 0.130. The second kappa shape index (κ2) is 8.65. The molecule has 4 rings (SSSR count). The van der Waals surface area contributed by atoms with E-state index in [4.69, 9.17) is 11.6 Å². The van der Waals surface area contributed by atoms with E-state index in [-0.39, 0.29) is 23.0 Å². The summed E-state index contributed by atoms with van der Waals surface area (Å²) in [5, 5.41) is 2.77. The fourth-order valence-corrected chi connectivity index (χ4v) is 3.47. The van der Waals surface area contributed by atoms with Gasteiger partial charge in [-0.15, -0.1) is 0 Å². The Bertz CT molecular complexity index is 1340. The molecule has 2 aromatic carbocycles. The van der Waals surface area contributed by atoms with Crippen molar-refractivity contribution in [2.75, 3.05) is 0 Å². The van der Waals surface area contributed by atoms with Crippen LogP contribution >= 0.6 is 11.6 Å². The Hall–Kier alpha value is -3.58. The van der Waals surface area contributed by atoms with Crippen LogP contribution in [0.5, 0.6) is 0 Å². The molecular formula is C23H18ClFN4O2. The molecule has 31 heavy (non-hydrogen) atoms. The van der Waals surface area contributed by atoms with Crippen LogP contribution in [0, 0.1) is 5.82 Å². The molecule has 0 aliphatic carbocycles. The van der Waals surface area contributed by atoms with Crippen LogP contribution in [0.2, 0.25) is 5.02 Å². The number of nitrogens with one attached hydrogen (secondary N) is 1. The summed E-state index contributed by atoms with van der Waals surface area (Å²) in [6.45, 7) is 2.55. The fourth-order valence-electron chi connectivity index (χ4n) is 3.27. The summed E-state index contributed by atoms with van der Waals surface area (Å²) in [6.07, 6.45) is 1.63. The predicted molar refractivity (Wildman–Crippen MR) is 117 cm³/mol. The minimum atomic E-state index is -0.507. The van der Waals surface area contributed by atoms with E-state index in [9.17, 15) is 14.0 Å². The molecule has 0 unspecified atom stereocenters. The van der Waals surface area contributed by atoms with Crippen molar-refractivity contribution in [2.24, 2.45) is 0 Å². The van der Waals surface area contributed by atoms with Crippen LogP contribution < -0.4 is 10.9 Å². The Morgan fingerprint density at radius 2 is 1.94 bits per heavy atom. The van der Waals surface area contributed by atoms with E-state index in [0.717, 1.165) is 0 Å². The van der Waals surface area contributed by atoms with E-state index in [1.54, 1.807) is 53.2 Å². The van der Waals surface area contributed by atoms with E-state index in [1.807, 2.05) is 6.92 Å². The van der Waals surface area contributed by atoms with Gasteiger partial charge in [0.2, 0.25) is 0 Å². The molecule has 2 aromatic heterocycles. The number of hydrogen-bond acceptors (Lipinski definition) is 4. The molecule has 0 atom stereocenters. The molecule has 2 heterocycles. The molecule has 156 valence electrons. The van der Waals surface area contributed by atoms with Crippen LogP contribution in [0.25, 0.3) is 22.4 Å². The Labute approximate surface area is 182 Å². The molecule has 1 N–H and O–H groups in total. The standard InChI is InChI=1S/C23H18ClFN4O2/c1-2-29-21-19(4-3-11-26-21)28-20(23(29)31)15-6-8-16(9-7-15)22(30)27-13-14-5-10-18(25)17(24)12-14/h3-12H,2,13H2,1H3,(H,27,30). The number of amides is 1. The quantitative estimate of drug-likeness (QED) is 0.508. The monoisotopic (exact) mass is 436 g/mol. The van der Waals surface area contributed by atoms with Crippen LogP contribution in [0.1, 0.15) is 22.8 Å². The zero-order chi connectivity index (χ0) is 22.0. The molecule has 0 bridgehead atoms. The van der Waals surface area contributed by atoms with Crippen molar-refractivity contribution in [3.05, 3.63) is 93.1 Å². The van der Waals surface area contributed by atoms with Crippen molar-refractivity contribution in [3.63, 3.8) is 0 Å². The highest BCUT2D eigenvalue weighted by atomic mass is 35.5. The second-order valence-electron chi connectivity index (χ2n) is 6.86. The predicted octanol–water partition coefficient (Wildman–Crippen LogP) is 4.20. The van der Waals surface area contributed by atoms with Gasteiger partial charge in [0.15, 0.2) is 5.65 Å². The first-order valence-electron chi connectivity index (χ1n) is 9.66. The smallest absolute Gasteiger partial charge is 0.278 e. The third-order valence-corrected chi connectivity index (χ3v) is 5.17. The number of carbonyl (C=O) groups excluding carboxylic acids is 1. The number of fused-ring (bicyclic) bond motifs is 1. The molecule has 8 heteroatoms. The highest BCUT2D eigenvalue weighted by Crippen LogP contribution is 2.18. The third-order valence-electron chi connectivity index (χ3n) is 4.88. The van der Waals surface area contributed by atoms with Gasteiger partial charge in [0.1, 0.15) is 17.0 Å². The number of pyridine rings is 1. The maximum Gasteiger partial charge on any atom is 0.278 e. The van der Waals surface area contributed by atoms with Crippen molar-refractivity contribution in [1.82, 2.24) is 19.9 Å². The van der Waals surface area contributed by atoms with Gasteiger partial charge in [0.05, 0.1) is 5.02 Å². The SMILES string of the molecule is CCn1c(=O)c(-c2ccc(C(=O)NCc3ccc(F)c(Cl)c3)cc2)nc2cccnc21. The molecule has 6 nitrogen and oxygen atoms in total. The van der Waals surface area contributed by atoms with Gasteiger partial charge in [0.25, 0.3) is 11.5 Å². The average Bonchev–Trinajstić information content (AvgIpc) is 2.79. The Morgan fingerprint density at radius 1 is 1.16 bits per heavy atom. The summed E-state index contributed by atoms with van der Waals surface area (Å²) in [5.41, 5.74) is 2.95. The summed E-state index contributed by atoms with van der Waals surface area (Å²) in [7, 11) is 0. The molecule has 0 spiro atoms. The van der Waals surface area contributed by atoms with Crippen LogP contribution in [-0.2, 0) is 13.1 Å². The number of nitrogens with zero attached hydrogens (tertiary/aromatic N) is 3. The first-order valence-corrected chi connectivity index (χ1v) is 10.0. The largest absolute Gasteiger partial charge is 0.348 e. The molecule has 0 aliphatic heterocycles. The molecule has 0 radical (unpaired) electrons. The zero-order valence-electron chi connectivity index (χ0n) is 16.6. The van der Waals surface area contributed by atoms with E-state index in [0.29, 0.717) is 40.1 Å². The van der Waals surface area contributed by atoms with Crippen molar-refractivity contribution >= 4 is 28.7 Å². The summed E-state index contributed by atoms with van der Waals surface area (Å²) in [6, 6.07) is 14.5. The second-order valence-corrected chi connectivity index (χ2v) is 7.27. The third kappa shape index (κ3) is 4.18. The van der Waals surface area contributed by atoms with Crippen molar-refractivity contribution in [1.29, 1.82) is 0 Å². The van der Waals surface area contributed by atoms with Gasteiger partial charge < -0.3 is 5.32 Å². The van der Waals surface area contributed by atoms with Crippen LogP contribution in [0.15, 0.2) is 65.6 Å². The molecular weight excluding hydrogens is 419 g/mol. The summed E-state index contributed by atoms with van der Waals surface area (Å²) in [4.78, 5) is 34.1. The van der Waals surface area contributed by atoms with Crippen LogP contribution in [0.4, 0.5) is 4.39 Å². The number of carbonyl (C=O) groups is 1. The van der Waals surface area contributed by atoms with Crippen LogP contribution in [-0.4, -0.2) is 20.4 Å². The first kappa shape index (κ1) is 20.7. The molecule has 0 saturated heterocycles. The van der Waals surface area contributed by atoms with E-state index in [2.05, 4.69) is 15.3 Å². The molecule has 4 aromatic rings. The van der Waals surface area contributed by atoms with Crippen molar-refractivity contribution < 1.29 is 9.18 Å². The maximum absolute atomic E-state index is 13.3. The maximum atomic E-state index is 13.3. The number of halogens is 2. The van der Waals surface area contributed by atoms with Gasteiger partial charge in [-0.1, -0.05) is 29.8 Å². The normalized spacial score (nSPS) is 10.9. The van der Waals surface area contributed by atoms with Crippen molar-refractivity contribution in [2.45, 2.75) is 20.0 Å². The highest BCUT2D eigenvalue weighted by molar-refractivity contribution is 6.30. The number of hydrogen-bond donors (Lipinski definition) is 1. The van der Waals surface area contributed by atoms with E-state index < -0.39 is 5.82 Å². The molecule has 0 fully saturated rings. The zero-order valence-corrected chi connectivity index (χ0v) is 17.4. The van der Waals surface area contributed by atoms with Gasteiger partial charge >= 0.3 is 0 Å². The number of benzene rings is 2. The lowest BCUT2D eigenvalue weighted by molar-refractivity contribution is 0.0951. The molecule has 1 amide bonds. The van der Waals surface area contributed by atoms with Gasteiger partial charge in [-0.25, -0.2) is 14.4 Å². The summed E-state index contributed by atoms with van der Waals surface area (Å²) in [5.74, 6) is -0.804. The Morgan fingerprint density at radius 3 is 2.65 bits per heavy atom. The lowest BCUT2D eigenvalue weighted by Crippen LogP contribution is -2.24. The minimum Gasteiger partial charge on any atom is -0.348 e. The summed E-state index contributed by atoms with van der Waals surface area (Å²) < 4.78 is 14.8. The van der Waals surface area contributed by atoms with Gasteiger partial charge in [-0.2, -0.15) is 0 Å². The molecule has 0 aliphatic rings. The number of aromatic nitrogens is 3. The minimum absolute atomic E-state index is 0.00641. The van der Waals surface area contributed by atoms with E-state index in [1.165, 1.54) is 12.1 Å². The lowest BCUT2D eigenvalue weighted by atomic mass is 10.1. The van der Waals surface area contributed by atoms with Gasteiger partial charge in [-0.05, 0) is 48.9 Å². The first-order chi connectivity index (χ1) is 15.0. The number of aryl methyl sites for hydroxylation is 1. The lowest BCUT2D eigenvalue weighted by Gasteiger charge is -2.10. The number of rotatable bonds is 5. The molecule has 0 saturated carbocycles. The van der Waals surface area contributed by atoms with Gasteiger partial charge in [0, 0.05) is 30.4 Å². The highest BCUT2D eigenvalue weighted by Gasteiger charge is 2.14. The summed E-state index contributed by atoms with van der Waals surface area (Å²) >= 11 is 5.77. The topological polar surface area (TPSA) is 76.9 Å². The van der Waals surface area contributed by atoms with Gasteiger partial charge in [-0.3, -0.25) is 14.2 Å². The van der Waals surface area contributed by atoms with Crippen molar-refractivity contribution in [3.8, 4) is 11.3 Å². The van der Waals surface area contributed by atoms with E-state index >= 15 is 0 Å². The Balaban J connectivity index is 1.57. The van der Waals surface area contributed by atoms with Crippen LogP contribution in [0.3, 0.4) is 0 Å². The average molecular weight is 437 g/mol.